The molecule has 2 aromatic rings. The summed E-state index contributed by atoms with van der Waals surface area (Å²) >= 11 is 11.8. The van der Waals surface area contributed by atoms with Crippen LogP contribution >= 0.6 is 23.2 Å². The topological polar surface area (TPSA) is 66.9 Å². The van der Waals surface area contributed by atoms with Gasteiger partial charge in [0.05, 0.1) is 0 Å². The standard InChI is InChI=1S/C15H16Cl2N4O/c1-8(2)18-14-7-13(19-9(3)20-14)15(22)21-12-5-10(16)4-11(17)6-12/h4-8H,1-3H3,(H,21,22)(H,18,19,20). The minimum Gasteiger partial charge on any atom is -0.368 e. The van der Waals surface area contributed by atoms with Crippen molar-refractivity contribution in [1.82, 2.24) is 9.97 Å². The Labute approximate surface area is 139 Å². The molecule has 0 bridgehead atoms. The van der Waals surface area contributed by atoms with Gasteiger partial charge >= 0.3 is 0 Å². The quantitative estimate of drug-likeness (QED) is 0.878. The lowest BCUT2D eigenvalue weighted by atomic mass is 10.3. The van der Waals surface area contributed by atoms with E-state index in [2.05, 4.69) is 20.6 Å². The van der Waals surface area contributed by atoms with E-state index in [9.17, 15) is 4.79 Å². The molecule has 0 aliphatic carbocycles. The van der Waals surface area contributed by atoms with Gasteiger partial charge in [0, 0.05) is 27.8 Å². The molecule has 5 nitrogen and oxygen atoms in total. The van der Waals surface area contributed by atoms with Crippen LogP contribution < -0.4 is 10.6 Å². The van der Waals surface area contributed by atoms with E-state index in [1.54, 1.807) is 31.2 Å². The monoisotopic (exact) mass is 338 g/mol. The van der Waals surface area contributed by atoms with E-state index < -0.39 is 0 Å². The number of amides is 1. The third-order valence-corrected chi connectivity index (χ3v) is 3.06. The van der Waals surface area contributed by atoms with Crippen LogP contribution in [-0.2, 0) is 0 Å². The summed E-state index contributed by atoms with van der Waals surface area (Å²) in [5.41, 5.74) is 0.781. The summed E-state index contributed by atoms with van der Waals surface area (Å²) in [5, 5.41) is 6.77. The first-order valence-electron chi connectivity index (χ1n) is 6.73. The Morgan fingerprint density at radius 1 is 1.09 bits per heavy atom. The van der Waals surface area contributed by atoms with Gasteiger partial charge in [-0.3, -0.25) is 4.79 Å². The number of nitrogens with zero attached hydrogens (tertiary/aromatic N) is 2. The molecular weight excluding hydrogens is 323 g/mol. The zero-order valence-corrected chi connectivity index (χ0v) is 14.0. The molecule has 0 aliphatic rings. The number of aryl methyl sites for hydroxylation is 1. The smallest absolute Gasteiger partial charge is 0.274 e. The minimum absolute atomic E-state index is 0.206. The molecule has 2 rings (SSSR count). The van der Waals surface area contributed by atoms with Gasteiger partial charge in [0.1, 0.15) is 17.3 Å². The molecule has 1 heterocycles. The average Bonchev–Trinajstić information content (AvgIpc) is 2.35. The van der Waals surface area contributed by atoms with Gasteiger partial charge < -0.3 is 10.6 Å². The van der Waals surface area contributed by atoms with Crippen molar-refractivity contribution in [3.05, 3.63) is 45.8 Å². The van der Waals surface area contributed by atoms with Crippen LogP contribution in [0.25, 0.3) is 0 Å². The molecule has 0 saturated carbocycles. The number of carbonyl (C=O) groups is 1. The second-order valence-corrected chi connectivity index (χ2v) is 5.97. The van der Waals surface area contributed by atoms with Crippen molar-refractivity contribution in [3.63, 3.8) is 0 Å². The lowest BCUT2D eigenvalue weighted by Gasteiger charge is -2.11. The number of aromatic nitrogens is 2. The van der Waals surface area contributed by atoms with Gasteiger partial charge in [0.2, 0.25) is 0 Å². The third kappa shape index (κ3) is 4.58. The molecule has 116 valence electrons. The normalized spacial score (nSPS) is 10.6. The van der Waals surface area contributed by atoms with Crippen molar-refractivity contribution >= 4 is 40.6 Å². The number of halogens is 2. The highest BCUT2D eigenvalue weighted by atomic mass is 35.5. The first-order chi connectivity index (χ1) is 10.3. The molecule has 0 unspecified atom stereocenters. The molecule has 1 amide bonds. The maximum absolute atomic E-state index is 12.3. The summed E-state index contributed by atoms with van der Waals surface area (Å²) in [5.74, 6) is 0.771. The van der Waals surface area contributed by atoms with E-state index in [0.29, 0.717) is 27.4 Å². The van der Waals surface area contributed by atoms with Gasteiger partial charge in [0.25, 0.3) is 5.91 Å². The second-order valence-electron chi connectivity index (χ2n) is 5.10. The Morgan fingerprint density at radius 2 is 1.73 bits per heavy atom. The Bertz CT molecular complexity index is 684. The van der Waals surface area contributed by atoms with E-state index >= 15 is 0 Å². The molecule has 2 N–H and O–H groups in total. The summed E-state index contributed by atoms with van der Waals surface area (Å²) in [6, 6.07) is 6.64. The van der Waals surface area contributed by atoms with E-state index in [1.807, 2.05) is 13.8 Å². The van der Waals surface area contributed by atoms with Crippen LogP contribution in [0.15, 0.2) is 24.3 Å². The molecule has 0 radical (unpaired) electrons. The van der Waals surface area contributed by atoms with Crippen molar-refractivity contribution in [1.29, 1.82) is 0 Å². The van der Waals surface area contributed by atoms with E-state index in [0.717, 1.165) is 0 Å². The molecule has 0 fully saturated rings. The van der Waals surface area contributed by atoms with Crippen LogP contribution in [-0.4, -0.2) is 21.9 Å². The fraction of sp³-hybridized carbons (Fsp3) is 0.267. The van der Waals surface area contributed by atoms with Crippen LogP contribution in [0.4, 0.5) is 11.5 Å². The number of carbonyl (C=O) groups excluding carboxylic acids is 1. The molecule has 1 aromatic heterocycles. The van der Waals surface area contributed by atoms with Gasteiger partial charge in [-0.1, -0.05) is 23.2 Å². The lowest BCUT2D eigenvalue weighted by Crippen LogP contribution is -2.17. The Hall–Kier alpha value is -1.85. The highest BCUT2D eigenvalue weighted by molar-refractivity contribution is 6.35. The minimum atomic E-state index is -0.351. The van der Waals surface area contributed by atoms with Crippen LogP contribution in [0.5, 0.6) is 0 Å². The van der Waals surface area contributed by atoms with Crippen molar-refractivity contribution in [3.8, 4) is 0 Å². The first-order valence-corrected chi connectivity index (χ1v) is 7.49. The van der Waals surface area contributed by atoms with Crippen LogP contribution in [0, 0.1) is 6.92 Å². The molecule has 0 saturated heterocycles. The highest BCUT2D eigenvalue weighted by Gasteiger charge is 2.12. The van der Waals surface area contributed by atoms with Crippen molar-refractivity contribution in [2.75, 3.05) is 10.6 Å². The van der Waals surface area contributed by atoms with Crippen LogP contribution in [0.1, 0.15) is 30.2 Å². The molecule has 0 aliphatic heterocycles. The predicted octanol–water partition coefficient (Wildman–Crippen LogP) is 4.16. The zero-order chi connectivity index (χ0) is 16.3. The van der Waals surface area contributed by atoms with E-state index in [4.69, 9.17) is 23.2 Å². The predicted molar refractivity (Wildman–Crippen MR) is 89.9 cm³/mol. The lowest BCUT2D eigenvalue weighted by molar-refractivity contribution is 0.102. The molecule has 22 heavy (non-hydrogen) atoms. The molecule has 0 spiro atoms. The summed E-state index contributed by atoms with van der Waals surface area (Å²) in [4.78, 5) is 20.7. The Balaban J connectivity index is 2.23. The third-order valence-electron chi connectivity index (χ3n) is 2.63. The fourth-order valence-corrected chi connectivity index (χ4v) is 2.40. The Morgan fingerprint density at radius 3 is 2.32 bits per heavy atom. The SMILES string of the molecule is Cc1nc(NC(C)C)cc(C(=O)Nc2cc(Cl)cc(Cl)c2)n1. The number of rotatable bonds is 4. The largest absolute Gasteiger partial charge is 0.368 e. The Kier molecular flexibility index (Phi) is 5.21. The zero-order valence-electron chi connectivity index (χ0n) is 12.4. The highest BCUT2D eigenvalue weighted by Crippen LogP contribution is 2.23. The number of nitrogens with one attached hydrogen (secondary N) is 2. The molecule has 7 heteroatoms. The number of hydrogen-bond donors (Lipinski definition) is 2. The van der Waals surface area contributed by atoms with E-state index in [1.165, 1.54) is 0 Å². The van der Waals surface area contributed by atoms with Gasteiger partial charge in [-0.2, -0.15) is 0 Å². The fourth-order valence-electron chi connectivity index (χ4n) is 1.87. The summed E-state index contributed by atoms with van der Waals surface area (Å²) in [6.45, 7) is 5.72. The summed E-state index contributed by atoms with van der Waals surface area (Å²) in [7, 11) is 0. The van der Waals surface area contributed by atoms with Gasteiger partial charge in [0.15, 0.2) is 0 Å². The first kappa shape index (κ1) is 16.5. The molecule has 0 atom stereocenters. The van der Waals surface area contributed by atoms with Gasteiger partial charge in [-0.15, -0.1) is 0 Å². The maximum atomic E-state index is 12.3. The number of benzene rings is 1. The molecule has 1 aromatic carbocycles. The van der Waals surface area contributed by atoms with Gasteiger partial charge in [-0.05, 0) is 39.0 Å². The number of anilines is 2. The number of hydrogen-bond acceptors (Lipinski definition) is 4. The molecular formula is C15H16Cl2N4O. The summed E-state index contributed by atoms with van der Waals surface area (Å²) < 4.78 is 0. The van der Waals surface area contributed by atoms with Gasteiger partial charge in [-0.25, -0.2) is 9.97 Å². The van der Waals surface area contributed by atoms with E-state index in [-0.39, 0.29) is 17.6 Å². The second kappa shape index (κ2) is 6.94. The average molecular weight is 339 g/mol. The van der Waals surface area contributed by atoms with Crippen molar-refractivity contribution in [2.45, 2.75) is 26.8 Å². The van der Waals surface area contributed by atoms with Crippen molar-refractivity contribution in [2.24, 2.45) is 0 Å². The van der Waals surface area contributed by atoms with Crippen LogP contribution in [0.2, 0.25) is 10.0 Å². The maximum Gasteiger partial charge on any atom is 0.274 e. The van der Waals surface area contributed by atoms with Crippen molar-refractivity contribution < 1.29 is 4.79 Å². The van der Waals surface area contributed by atoms with Crippen LogP contribution in [0.3, 0.4) is 0 Å². The summed E-state index contributed by atoms with van der Waals surface area (Å²) in [6.07, 6.45) is 0.